The van der Waals surface area contributed by atoms with Gasteiger partial charge in [0.2, 0.25) is 0 Å². The average Bonchev–Trinajstić information content (AvgIpc) is 2.17. The van der Waals surface area contributed by atoms with Crippen LogP contribution in [0.3, 0.4) is 0 Å². The van der Waals surface area contributed by atoms with Crippen LogP contribution >= 0.6 is 11.8 Å². The van der Waals surface area contributed by atoms with Crippen molar-refractivity contribution in [3.63, 3.8) is 0 Å². The van der Waals surface area contributed by atoms with Crippen molar-refractivity contribution < 1.29 is 14.3 Å². The van der Waals surface area contributed by atoms with E-state index in [1.54, 1.807) is 6.08 Å². The van der Waals surface area contributed by atoms with Gasteiger partial charge in [-0.05, 0) is 13.8 Å². The number of ether oxygens (including phenoxy) is 1. The first-order valence-corrected chi connectivity index (χ1v) is 4.94. The summed E-state index contributed by atoms with van der Waals surface area (Å²) in [6, 6.07) is 0. The van der Waals surface area contributed by atoms with Crippen molar-refractivity contribution in [2.24, 2.45) is 0 Å². The normalized spacial score (nSPS) is 7.93. The Labute approximate surface area is 94.9 Å². The van der Waals surface area contributed by atoms with Gasteiger partial charge in [0.1, 0.15) is 0 Å². The molecule has 0 aromatic heterocycles. The number of Topliss-reactive ketones (excluding diaryl/α,β-unsaturated/α-hetero) is 1. The number of ketones is 1. The molecule has 84 valence electrons. The maximum absolute atomic E-state index is 10.8. The summed E-state index contributed by atoms with van der Waals surface area (Å²) in [4.78, 5) is 21.9. The molecule has 0 aliphatic rings. The Morgan fingerprint density at radius 1 is 1.27 bits per heavy atom. The van der Waals surface area contributed by atoms with E-state index in [1.165, 1.54) is 14.0 Å². The Bertz CT molecular complexity index is 280. The molecule has 3 nitrogen and oxygen atoms in total. The molecule has 0 N–H and O–H groups in total. The Balaban J connectivity index is 0. The average molecular weight is 228 g/mol. The third kappa shape index (κ3) is 9.02. The molecule has 0 amide bonds. The summed E-state index contributed by atoms with van der Waals surface area (Å²) in [5, 5.41) is 0. The van der Waals surface area contributed by atoms with E-state index in [9.17, 15) is 9.59 Å². The van der Waals surface area contributed by atoms with E-state index in [4.69, 9.17) is 0 Å². The van der Waals surface area contributed by atoms with E-state index in [0.29, 0.717) is 0 Å². The van der Waals surface area contributed by atoms with Crippen molar-refractivity contribution in [2.45, 2.75) is 13.8 Å². The summed E-state index contributed by atoms with van der Waals surface area (Å²) in [5.41, 5.74) is 0. The van der Waals surface area contributed by atoms with Crippen LogP contribution < -0.4 is 0 Å². The highest BCUT2D eigenvalue weighted by molar-refractivity contribution is 8.08. The molecule has 0 saturated heterocycles. The van der Waals surface area contributed by atoms with Gasteiger partial charge in [0.05, 0.1) is 12.0 Å². The van der Waals surface area contributed by atoms with E-state index < -0.39 is 5.97 Å². The molecule has 0 aromatic carbocycles. The lowest BCUT2D eigenvalue weighted by molar-refractivity contribution is -0.135. The Kier molecular flexibility index (Phi) is 9.98. The van der Waals surface area contributed by atoms with Gasteiger partial charge in [-0.2, -0.15) is 0 Å². The molecule has 0 aliphatic carbocycles. The molecule has 0 atom stereocenters. The van der Waals surface area contributed by atoms with Gasteiger partial charge in [0.25, 0.3) is 0 Å². The van der Waals surface area contributed by atoms with Crippen molar-refractivity contribution >= 4 is 23.5 Å². The van der Waals surface area contributed by atoms with Crippen LogP contribution in [0.1, 0.15) is 13.8 Å². The van der Waals surface area contributed by atoms with Crippen LogP contribution in [0.4, 0.5) is 0 Å². The van der Waals surface area contributed by atoms with Crippen molar-refractivity contribution in [2.75, 3.05) is 7.11 Å². The quantitative estimate of drug-likeness (QED) is 0.421. The van der Waals surface area contributed by atoms with Crippen molar-refractivity contribution in [3.8, 4) is 0 Å². The standard InChI is InChI=1S/C8H10O3S.C3H6/c1-5(9)6(2)12-7(3)8(10)11-4;1-3-2/h2-3H2,1,4H3;3H,1H2,2H3. The van der Waals surface area contributed by atoms with Gasteiger partial charge in [-0.15, -0.1) is 6.58 Å². The SMILES string of the molecule is C=C(SC(=C)C(=O)OC)C(C)=O.C=CC. The fourth-order valence-corrected chi connectivity index (χ4v) is 0.984. The number of carbonyl (C=O) groups excluding carboxylic acids is 2. The van der Waals surface area contributed by atoms with Crippen LogP contribution in [0.15, 0.2) is 35.6 Å². The molecule has 0 heterocycles. The van der Waals surface area contributed by atoms with Crippen molar-refractivity contribution in [3.05, 3.63) is 35.6 Å². The van der Waals surface area contributed by atoms with Gasteiger partial charge in [-0.25, -0.2) is 4.79 Å². The van der Waals surface area contributed by atoms with Crippen LogP contribution in [0.2, 0.25) is 0 Å². The number of carbonyl (C=O) groups is 2. The molecule has 0 bridgehead atoms. The number of esters is 1. The molecule has 0 radical (unpaired) electrons. The Hall–Kier alpha value is -1.29. The minimum atomic E-state index is -0.539. The minimum Gasteiger partial charge on any atom is -0.465 e. The molecule has 0 unspecified atom stereocenters. The van der Waals surface area contributed by atoms with Gasteiger partial charge >= 0.3 is 5.97 Å². The van der Waals surface area contributed by atoms with Gasteiger partial charge in [-0.3, -0.25) is 4.79 Å². The molecule has 15 heavy (non-hydrogen) atoms. The number of methoxy groups -OCH3 is 1. The monoisotopic (exact) mass is 228 g/mol. The van der Waals surface area contributed by atoms with Crippen LogP contribution in [-0.2, 0) is 14.3 Å². The number of thioether (sulfide) groups is 1. The smallest absolute Gasteiger partial charge is 0.344 e. The first-order chi connectivity index (χ1) is 6.90. The summed E-state index contributed by atoms with van der Waals surface area (Å²) in [6.45, 7) is 13.5. The summed E-state index contributed by atoms with van der Waals surface area (Å²) in [5.74, 6) is -0.715. The molecule has 0 fully saturated rings. The summed E-state index contributed by atoms with van der Waals surface area (Å²) >= 11 is 0.927. The number of hydrogen-bond acceptors (Lipinski definition) is 4. The fraction of sp³-hybridized carbons (Fsp3) is 0.273. The summed E-state index contributed by atoms with van der Waals surface area (Å²) in [7, 11) is 1.25. The molecule has 0 spiro atoms. The minimum absolute atomic E-state index is 0.165. The van der Waals surface area contributed by atoms with Crippen LogP contribution in [0, 0.1) is 0 Å². The second-order valence-electron chi connectivity index (χ2n) is 2.40. The predicted molar refractivity (Wildman–Crippen MR) is 64.4 cm³/mol. The van der Waals surface area contributed by atoms with Crippen molar-refractivity contribution in [1.29, 1.82) is 0 Å². The number of allylic oxidation sites excluding steroid dienone is 2. The molecule has 0 aliphatic heterocycles. The van der Waals surface area contributed by atoms with E-state index in [0.717, 1.165) is 11.8 Å². The van der Waals surface area contributed by atoms with E-state index in [2.05, 4.69) is 24.5 Å². The predicted octanol–water partition coefficient (Wildman–Crippen LogP) is 2.70. The number of rotatable bonds is 4. The lowest BCUT2D eigenvalue weighted by Gasteiger charge is -2.02. The van der Waals surface area contributed by atoms with Crippen LogP contribution in [0.5, 0.6) is 0 Å². The first-order valence-electron chi connectivity index (χ1n) is 4.12. The molecular formula is C11H16O3S. The van der Waals surface area contributed by atoms with Crippen LogP contribution in [-0.4, -0.2) is 18.9 Å². The second-order valence-corrected chi connectivity index (χ2v) is 3.59. The highest BCUT2D eigenvalue weighted by Gasteiger charge is 2.10. The van der Waals surface area contributed by atoms with E-state index in [1.807, 2.05) is 6.92 Å². The van der Waals surface area contributed by atoms with E-state index >= 15 is 0 Å². The maximum atomic E-state index is 10.8. The van der Waals surface area contributed by atoms with Gasteiger partial charge in [0.15, 0.2) is 5.78 Å². The lowest BCUT2D eigenvalue weighted by Crippen LogP contribution is -2.02. The molecule has 4 heteroatoms. The topological polar surface area (TPSA) is 43.4 Å². The summed E-state index contributed by atoms with van der Waals surface area (Å²) < 4.78 is 4.38. The highest BCUT2D eigenvalue weighted by Crippen LogP contribution is 2.23. The second kappa shape index (κ2) is 9.27. The number of hydrogen-bond donors (Lipinski definition) is 0. The lowest BCUT2D eigenvalue weighted by atomic mass is 10.4. The third-order valence-electron chi connectivity index (χ3n) is 1.05. The fourth-order valence-electron chi connectivity index (χ4n) is 0.376. The zero-order chi connectivity index (χ0) is 12.4. The van der Waals surface area contributed by atoms with Gasteiger partial charge in [0, 0.05) is 4.91 Å². The van der Waals surface area contributed by atoms with Gasteiger partial charge < -0.3 is 4.74 Å². The van der Waals surface area contributed by atoms with E-state index in [-0.39, 0.29) is 15.6 Å². The molecule has 0 saturated carbocycles. The largest absolute Gasteiger partial charge is 0.465 e. The Morgan fingerprint density at radius 3 is 1.93 bits per heavy atom. The van der Waals surface area contributed by atoms with Crippen LogP contribution in [0.25, 0.3) is 0 Å². The van der Waals surface area contributed by atoms with Gasteiger partial charge in [-0.1, -0.05) is 31.0 Å². The Morgan fingerprint density at radius 2 is 1.67 bits per heavy atom. The first kappa shape index (κ1) is 16.2. The maximum Gasteiger partial charge on any atom is 0.344 e. The molecule has 0 aromatic rings. The zero-order valence-corrected chi connectivity index (χ0v) is 10.1. The zero-order valence-electron chi connectivity index (χ0n) is 9.33. The highest BCUT2D eigenvalue weighted by atomic mass is 32.2. The third-order valence-corrected chi connectivity index (χ3v) is 2.00. The summed E-state index contributed by atoms with van der Waals surface area (Å²) in [6.07, 6.45) is 1.75. The molecule has 0 rings (SSSR count). The van der Waals surface area contributed by atoms with Crippen molar-refractivity contribution in [1.82, 2.24) is 0 Å². The molecular weight excluding hydrogens is 212 g/mol.